The molecule has 0 aliphatic carbocycles. The van der Waals surface area contributed by atoms with Gasteiger partial charge in [-0.1, -0.05) is 29.8 Å². The van der Waals surface area contributed by atoms with Gasteiger partial charge in [-0.2, -0.15) is 0 Å². The van der Waals surface area contributed by atoms with Crippen molar-refractivity contribution in [3.63, 3.8) is 0 Å². The number of amides is 1. The van der Waals surface area contributed by atoms with Crippen LogP contribution in [0, 0.1) is 0 Å². The van der Waals surface area contributed by atoms with Crippen LogP contribution >= 0.6 is 22.9 Å². The molecule has 8 heteroatoms. The van der Waals surface area contributed by atoms with Crippen LogP contribution < -0.4 is 0 Å². The second kappa shape index (κ2) is 8.21. The van der Waals surface area contributed by atoms with Crippen molar-refractivity contribution in [2.75, 3.05) is 26.2 Å². The number of carbonyl (C=O) groups is 1. The van der Waals surface area contributed by atoms with E-state index in [9.17, 15) is 4.79 Å². The molecule has 4 rings (SSSR count). The summed E-state index contributed by atoms with van der Waals surface area (Å²) in [6.45, 7) is 3.61. The number of rotatable bonds is 5. The predicted molar refractivity (Wildman–Crippen MR) is 105 cm³/mol. The normalized spacial score (nSPS) is 15.2. The Hall–Kier alpha value is -2.22. The Labute approximate surface area is 166 Å². The number of halogens is 1. The molecule has 6 nitrogen and oxygen atoms in total. The van der Waals surface area contributed by atoms with E-state index in [-0.39, 0.29) is 5.91 Å². The lowest BCUT2D eigenvalue weighted by Crippen LogP contribution is -2.48. The smallest absolute Gasteiger partial charge is 0.257 e. The van der Waals surface area contributed by atoms with Crippen molar-refractivity contribution in [1.29, 1.82) is 0 Å². The summed E-state index contributed by atoms with van der Waals surface area (Å²) in [6.07, 6.45) is 0.408. The van der Waals surface area contributed by atoms with Gasteiger partial charge in [-0.05, 0) is 29.1 Å². The minimum Gasteiger partial charge on any atom is -0.419 e. The molecule has 0 N–H and O–H groups in total. The summed E-state index contributed by atoms with van der Waals surface area (Å²) in [5.41, 5.74) is 0.985. The minimum atomic E-state index is 0.148. The molecule has 1 aliphatic heterocycles. The molecule has 0 unspecified atom stereocenters. The van der Waals surface area contributed by atoms with Crippen LogP contribution in [0.2, 0.25) is 5.02 Å². The molecule has 2 aromatic heterocycles. The van der Waals surface area contributed by atoms with Gasteiger partial charge in [0.1, 0.15) is 0 Å². The summed E-state index contributed by atoms with van der Waals surface area (Å²) < 4.78 is 5.75. The lowest BCUT2D eigenvalue weighted by Gasteiger charge is -2.34. The molecular formula is C19H19ClN4O2S. The molecule has 1 aliphatic rings. The van der Waals surface area contributed by atoms with Gasteiger partial charge in [-0.25, -0.2) is 0 Å². The third-order valence-electron chi connectivity index (χ3n) is 4.55. The number of nitrogens with zero attached hydrogens (tertiary/aromatic N) is 4. The Morgan fingerprint density at radius 3 is 2.59 bits per heavy atom. The van der Waals surface area contributed by atoms with Crippen LogP contribution in [0.15, 0.2) is 46.2 Å². The summed E-state index contributed by atoms with van der Waals surface area (Å²) in [4.78, 5) is 17.6. The zero-order chi connectivity index (χ0) is 18.6. The zero-order valence-corrected chi connectivity index (χ0v) is 16.2. The highest BCUT2D eigenvalue weighted by Crippen LogP contribution is 2.23. The molecule has 27 heavy (non-hydrogen) atoms. The SMILES string of the molecule is O=C(Cc1ccc(Cl)cc1)N1CCN(Cc2nnc(-c3cccs3)o2)CC1. The summed E-state index contributed by atoms with van der Waals surface area (Å²) in [5, 5.41) is 10.9. The number of hydrogen-bond donors (Lipinski definition) is 0. The highest BCUT2D eigenvalue weighted by molar-refractivity contribution is 7.13. The number of aromatic nitrogens is 2. The Bertz CT molecular complexity index is 887. The molecule has 3 heterocycles. The Balaban J connectivity index is 1.27. The van der Waals surface area contributed by atoms with Gasteiger partial charge in [-0.3, -0.25) is 9.69 Å². The van der Waals surface area contributed by atoms with Gasteiger partial charge >= 0.3 is 0 Å². The first-order valence-corrected chi connectivity index (χ1v) is 10.0. The molecule has 0 saturated carbocycles. The molecule has 1 aromatic carbocycles. The maximum Gasteiger partial charge on any atom is 0.257 e. The van der Waals surface area contributed by atoms with Crippen molar-refractivity contribution >= 4 is 28.8 Å². The van der Waals surface area contributed by atoms with Gasteiger partial charge in [0.25, 0.3) is 5.89 Å². The maximum absolute atomic E-state index is 12.5. The van der Waals surface area contributed by atoms with Crippen LogP contribution in [-0.4, -0.2) is 52.1 Å². The van der Waals surface area contributed by atoms with Crippen LogP contribution in [0.5, 0.6) is 0 Å². The van der Waals surface area contributed by atoms with Gasteiger partial charge in [-0.15, -0.1) is 21.5 Å². The van der Waals surface area contributed by atoms with Crippen molar-refractivity contribution in [2.45, 2.75) is 13.0 Å². The monoisotopic (exact) mass is 402 g/mol. The van der Waals surface area contributed by atoms with Crippen molar-refractivity contribution in [3.05, 3.63) is 58.3 Å². The van der Waals surface area contributed by atoms with E-state index in [2.05, 4.69) is 15.1 Å². The van der Waals surface area contributed by atoms with E-state index in [1.165, 1.54) is 0 Å². The van der Waals surface area contributed by atoms with E-state index in [0.717, 1.165) is 23.5 Å². The van der Waals surface area contributed by atoms with E-state index < -0.39 is 0 Å². The first kappa shape index (κ1) is 18.2. The van der Waals surface area contributed by atoms with Crippen LogP contribution in [0.1, 0.15) is 11.5 Å². The van der Waals surface area contributed by atoms with Crippen LogP contribution in [0.4, 0.5) is 0 Å². The van der Waals surface area contributed by atoms with Gasteiger partial charge < -0.3 is 9.32 Å². The lowest BCUT2D eigenvalue weighted by atomic mass is 10.1. The Kier molecular flexibility index (Phi) is 5.52. The van der Waals surface area contributed by atoms with Crippen molar-refractivity contribution in [3.8, 4) is 10.8 Å². The average Bonchev–Trinajstić information content (AvgIpc) is 3.36. The number of carbonyl (C=O) groups excluding carboxylic acids is 1. The largest absolute Gasteiger partial charge is 0.419 e. The second-order valence-corrected chi connectivity index (χ2v) is 7.82. The Morgan fingerprint density at radius 1 is 1.11 bits per heavy atom. The topological polar surface area (TPSA) is 62.5 Å². The van der Waals surface area contributed by atoms with Crippen molar-refractivity contribution in [1.82, 2.24) is 20.0 Å². The number of piperazine rings is 1. The molecule has 3 aromatic rings. The van der Waals surface area contributed by atoms with E-state index >= 15 is 0 Å². The van der Waals surface area contributed by atoms with Gasteiger partial charge in [0.15, 0.2) is 0 Å². The number of benzene rings is 1. The maximum atomic E-state index is 12.5. The fourth-order valence-corrected chi connectivity index (χ4v) is 3.82. The van der Waals surface area contributed by atoms with E-state index in [4.69, 9.17) is 16.0 Å². The zero-order valence-electron chi connectivity index (χ0n) is 14.7. The van der Waals surface area contributed by atoms with E-state index in [1.807, 2.05) is 46.7 Å². The third-order valence-corrected chi connectivity index (χ3v) is 5.66. The van der Waals surface area contributed by atoms with Crippen molar-refractivity contribution in [2.24, 2.45) is 0 Å². The van der Waals surface area contributed by atoms with Gasteiger partial charge in [0.2, 0.25) is 11.8 Å². The summed E-state index contributed by atoms with van der Waals surface area (Å²) in [5.74, 6) is 1.32. The summed E-state index contributed by atoms with van der Waals surface area (Å²) >= 11 is 7.47. The molecule has 1 amide bonds. The molecule has 1 fully saturated rings. The first-order valence-electron chi connectivity index (χ1n) is 8.78. The van der Waals surface area contributed by atoms with Crippen LogP contribution in [0.3, 0.4) is 0 Å². The standard InChI is InChI=1S/C19H19ClN4O2S/c20-15-5-3-14(4-6-15)12-18(25)24-9-7-23(8-10-24)13-17-21-22-19(26-17)16-2-1-11-27-16/h1-6,11H,7-10,12-13H2. The Morgan fingerprint density at radius 2 is 1.89 bits per heavy atom. The quantitative estimate of drug-likeness (QED) is 0.655. The summed E-state index contributed by atoms with van der Waals surface area (Å²) in [7, 11) is 0. The van der Waals surface area contributed by atoms with Crippen molar-refractivity contribution < 1.29 is 9.21 Å². The average molecular weight is 403 g/mol. The molecule has 1 saturated heterocycles. The van der Waals surface area contributed by atoms with Gasteiger partial charge in [0.05, 0.1) is 17.8 Å². The van der Waals surface area contributed by atoms with E-state index in [1.54, 1.807) is 11.3 Å². The number of thiophene rings is 1. The molecule has 0 spiro atoms. The predicted octanol–water partition coefficient (Wildman–Crippen LogP) is 3.34. The van der Waals surface area contributed by atoms with Gasteiger partial charge in [0, 0.05) is 31.2 Å². The van der Waals surface area contributed by atoms with Crippen LogP contribution in [-0.2, 0) is 17.8 Å². The molecule has 0 atom stereocenters. The fourth-order valence-electron chi connectivity index (χ4n) is 3.05. The molecule has 140 valence electrons. The lowest BCUT2D eigenvalue weighted by molar-refractivity contribution is -0.132. The first-order chi connectivity index (χ1) is 13.2. The third kappa shape index (κ3) is 4.55. The fraction of sp³-hybridized carbons (Fsp3) is 0.316. The second-order valence-electron chi connectivity index (χ2n) is 6.44. The highest BCUT2D eigenvalue weighted by Gasteiger charge is 2.22. The van der Waals surface area contributed by atoms with Crippen LogP contribution in [0.25, 0.3) is 10.8 Å². The highest BCUT2D eigenvalue weighted by atomic mass is 35.5. The number of hydrogen-bond acceptors (Lipinski definition) is 6. The minimum absolute atomic E-state index is 0.148. The van der Waals surface area contributed by atoms with E-state index in [0.29, 0.717) is 42.9 Å². The summed E-state index contributed by atoms with van der Waals surface area (Å²) in [6, 6.07) is 11.4. The molecule has 0 radical (unpaired) electrons. The molecule has 0 bridgehead atoms. The molecular weight excluding hydrogens is 384 g/mol.